The summed E-state index contributed by atoms with van der Waals surface area (Å²) < 4.78 is 0. The van der Waals surface area contributed by atoms with Gasteiger partial charge in [0.1, 0.15) is 11.1 Å². The average molecular weight is 369 g/mol. The Balaban J connectivity index is 1.73. The first-order chi connectivity index (χ1) is 12.6. The first-order valence-electron chi connectivity index (χ1n) is 8.66. The summed E-state index contributed by atoms with van der Waals surface area (Å²) in [5, 5.41) is 23.7. The van der Waals surface area contributed by atoms with Gasteiger partial charge in [-0.2, -0.15) is 5.26 Å². The number of carbonyl (C=O) groups is 1. The molecule has 1 N–H and O–H groups in total. The van der Waals surface area contributed by atoms with Crippen molar-refractivity contribution in [3.05, 3.63) is 55.9 Å². The number of non-ortho nitro benzene ring substituents is 1. The molecule has 1 aliphatic rings. The monoisotopic (exact) mass is 369 g/mol. The summed E-state index contributed by atoms with van der Waals surface area (Å²) in [6.45, 7) is 0. The predicted molar refractivity (Wildman–Crippen MR) is 100 cm³/mol. The van der Waals surface area contributed by atoms with Crippen molar-refractivity contribution in [3.8, 4) is 6.07 Å². The number of hydrogen-bond acceptors (Lipinski definition) is 5. The molecule has 1 aromatic carbocycles. The fourth-order valence-electron chi connectivity index (χ4n) is 3.22. The molecule has 0 fully saturated rings. The third-order valence-electron chi connectivity index (χ3n) is 4.55. The molecule has 0 unspecified atom stereocenters. The molecule has 0 atom stereocenters. The van der Waals surface area contributed by atoms with E-state index in [0.717, 1.165) is 31.2 Å². The van der Waals surface area contributed by atoms with Crippen molar-refractivity contribution in [3.63, 3.8) is 0 Å². The Kier molecular flexibility index (Phi) is 5.64. The van der Waals surface area contributed by atoms with Crippen molar-refractivity contribution >= 4 is 27.9 Å². The minimum absolute atomic E-state index is 0.000938. The second-order valence-corrected chi connectivity index (χ2v) is 7.49. The van der Waals surface area contributed by atoms with E-state index in [0.29, 0.717) is 16.1 Å². The van der Waals surface area contributed by atoms with Crippen molar-refractivity contribution in [2.75, 3.05) is 5.32 Å². The Morgan fingerprint density at radius 3 is 2.54 bits per heavy atom. The van der Waals surface area contributed by atoms with Crippen molar-refractivity contribution in [2.45, 2.75) is 44.9 Å². The number of nitriles is 1. The Bertz CT molecular complexity index is 865. The smallest absolute Gasteiger partial charge is 0.269 e. The summed E-state index contributed by atoms with van der Waals surface area (Å²) in [6, 6.07) is 8.20. The van der Waals surface area contributed by atoms with E-state index in [1.165, 1.54) is 41.2 Å². The molecule has 0 bridgehead atoms. The Hall–Kier alpha value is -2.72. The minimum atomic E-state index is -0.468. The lowest BCUT2D eigenvalue weighted by molar-refractivity contribution is -0.384. The number of aryl methyl sites for hydroxylation is 1. The number of amides is 1. The van der Waals surface area contributed by atoms with Gasteiger partial charge in [0, 0.05) is 17.0 Å². The number of anilines is 1. The van der Waals surface area contributed by atoms with E-state index in [1.807, 2.05) is 0 Å². The number of hydrogen-bond donors (Lipinski definition) is 1. The highest BCUT2D eigenvalue weighted by atomic mass is 32.1. The zero-order chi connectivity index (χ0) is 18.5. The van der Waals surface area contributed by atoms with Crippen LogP contribution in [0.3, 0.4) is 0 Å². The molecular formula is C19H19N3O3S. The fourth-order valence-corrected chi connectivity index (χ4v) is 4.47. The Morgan fingerprint density at radius 1 is 1.19 bits per heavy atom. The van der Waals surface area contributed by atoms with Gasteiger partial charge in [-0.05, 0) is 36.8 Å². The number of benzene rings is 1. The highest BCUT2D eigenvalue weighted by Crippen LogP contribution is 2.36. The number of nitro groups is 1. The second-order valence-electron chi connectivity index (χ2n) is 6.38. The summed E-state index contributed by atoms with van der Waals surface area (Å²) in [6.07, 6.45) is 6.57. The lowest BCUT2D eigenvalue weighted by atomic mass is 9.97. The molecule has 1 aliphatic carbocycles. The molecule has 0 radical (unpaired) electrons. The van der Waals surface area contributed by atoms with Gasteiger partial charge in [0.2, 0.25) is 5.91 Å². The van der Waals surface area contributed by atoms with Crippen molar-refractivity contribution in [1.82, 2.24) is 0 Å². The van der Waals surface area contributed by atoms with Crippen LogP contribution >= 0.6 is 11.3 Å². The SMILES string of the molecule is N#Cc1c(NC(=O)Cc2ccc([N+](=O)[O-])cc2)sc2c1CCCCCC2. The van der Waals surface area contributed by atoms with E-state index in [4.69, 9.17) is 0 Å². The summed E-state index contributed by atoms with van der Waals surface area (Å²) in [5.41, 5.74) is 2.40. The number of fused-ring (bicyclic) bond motifs is 1. The third kappa shape index (κ3) is 4.09. The quantitative estimate of drug-likeness (QED) is 0.639. The van der Waals surface area contributed by atoms with Crippen molar-refractivity contribution in [1.29, 1.82) is 5.26 Å². The second kappa shape index (κ2) is 8.11. The average Bonchev–Trinajstić information content (AvgIpc) is 2.90. The van der Waals surface area contributed by atoms with Gasteiger partial charge < -0.3 is 5.32 Å². The van der Waals surface area contributed by atoms with Crippen molar-refractivity contribution in [2.24, 2.45) is 0 Å². The van der Waals surface area contributed by atoms with Crippen LogP contribution in [0.4, 0.5) is 10.7 Å². The standard InChI is InChI=1S/C19H19N3O3S/c20-12-16-15-5-3-1-2-4-6-17(15)26-19(16)21-18(23)11-13-7-9-14(10-8-13)22(24)25/h7-10H,1-6,11H2,(H,21,23). The molecule has 0 aliphatic heterocycles. The summed E-state index contributed by atoms with van der Waals surface area (Å²) in [5.74, 6) is -0.218. The van der Waals surface area contributed by atoms with E-state index in [9.17, 15) is 20.2 Å². The molecule has 1 aromatic heterocycles. The van der Waals surface area contributed by atoms with Gasteiger partial charge in [-0.25, -0.2) is 0 Å². The molecule has 134 valence electrons. The maximum absolute atomic E-state index is 12.4. The Morgan fingerprint density at radius 2 is 1.88 bits per heavy atom. The van der Waals surface area contributed by atoms with Gasteiger partial charge in [-0.15, -0.1) is 11.3 Å². The molecule has 26 heavy (non-hydrogen) atoms. The lowest BCUT2D eigenvalue weighted by Gasteiger charge is -2.08. The van der Waals surface area contributed by atoms with Crippen LogP contribution in [0.5, 0.6) is 0 Å². The number of carbonyl (C=O) groups excluding carboxylic acids is 1. The number of thiophene rings is 1. The lowest BCUT2D eigenvalue weighted by Crippen LogP contribution is -2.14. The van der Waals surface area contributed by atoms with E-state index >= 15 is 0 Å². The molecular weight excluding hydrogens is 350 g/mol. The molecule has 3 rings (SSSR count). The van der Waals surface area contributed by atoms with Gasteiger partial charge in [-0.1, -0.05) is 25.0 Å². The molecule has 1 heterocycles. The van der Waals surface area contributed by atoms with Crippen LogP contribution in [0.2, 0.25) is 0 Å². The van der Waals surface area contributed by atoms with Crippen LogP contribution in [0.1, 0.15) is 47.3 Å². The first kappa shape index (κ1) is 18.1. The van der Waals surface area contributed by atoms with Crippen LogP contribution in [-0.4, -0.2) is 10.8 Å². The first-order valence-corrected chi connectivity index (χ1v) is 9.48. The van der Waals surface area contributed by atoms with Crippen LogP contribution in [0, 0.1) is 21.4 Å². The maximum Gasteiger partial charge on any atom is 0.269 e. The van der Waals surface area contributed by atoms with Crippen LogP contribution in [-0.2, 0) is 24.1 Å². The number of rotatable bonds is 4. The highest BCUT2D eigenvalue weighted by Gasteiger charge is 2.20. The molecule has 6 nitrogen and oxygen atoms in total. The van der Waals surface area contributed by atoms with Gasteiger partial charge in [0.15, 0.2) is 0 Å². The molecule has 7 heteroatoms. The number of nitrogens with one attached hydrogen (secondary N) is 1. The minimum Gasteiger partial charge on any atom is -0.316 e. The van der Waals surface area contributed by atoms with Crippen LogP contribution in [0.25, 0.3) is 0 Å². The zero-order valence-corrected chi connectivity index (χ0v) is 15.1. The Labute approximate surface area is 155 Å². The van der Waals surface area contributed by atoms with Gasteiger partial charge in [0.25, 0.3) is 5.69 Å². The topological polar surface area (TPSA) is 96.0 Å². The molecule has 0 spiro atoms. The van der Waals surface area contributed by atoms with E-state index in [-0.39, 0.29) is 18.0 Å². The zero-order valence-electron chi connectivity index (χ0n) is 14.3. The largest absolute Gasteiger partial charge is 0.316 e. The van der Waals surface area contributed by atoms with Crippen LogP contribution < -0.4 is 5.32 Å². The number of nitro benzene ring substituents is 1. The van der Waals surface area contributed by atoms with E-state index < -0.39 is 4.92 Å². The normalized spacial score (nSPS) is 13.8. The summed E-state index contributed by atoms with van der Waals surface area (Å²) in [7, 11) is 0. The molecule has 0 saturated heterocycles. The van der Waals surface area contributed by atoms with Crippen LogP contribution in [0.15, 0.2) is 24.3 Å². The van der Waals surface area contributed by atoms with Gasteiger partial charge in [0.05, 0.1) is 16.9 Å². The number of nitrogens with zero attached hydrogens (tertiary/aromatic N) is 2. The molecule has 2 aromatic rings. The van der Waals surface area contributed by atoms with E-state index in [1.54, 1.807) is 12.1 Å². The predicted octanol–water partition coefficient (Wildman–Crippen LogP) is 4.37. The maximum atomic E-state index is 12.4. The highest BCUT2D eigenvalue weighted by molar-refractivity contribution is 7.16. The molecule has 0 saturated carbocycles. The summed E-state index contributed by atoms with van der Waals surface area (Å²) >= 11 is 1.51. The molecule has 1 amide bonds. The fraction of sp³-hybridized carbons (Fsp3) is 0.368. The van der Waals surface area contributed by atoms with Gasteiger partial charge >= 0.3 is 0 Å². The van der Waals surface area contributed by atoms with Crippen molar-refractivity contribution < 1.29 is 9.72 Å². The van der Waals surface area contributed by atoms with Gasteiger partial charge in [-0.3, -0.25) is 14.9 Å². The van der Waals surface area contributed by atoms with E-state index in [2.05, 4.69) is 11.4 Å². The summed E-state index contributed by atoms with van der Waals surface area (Å²) in [4.78, 5) is 23.8. The third-order valence-corrected chi connectivity index (χ3v) is 5.76.